The van der Waals surface area contributed by atoms with Gasteiger partial charge in [0.25, 0.3) is 0 Å². The fraction of sp³-hybridized carbons (Fsp3) is 0.533. The van der Waals surface area contributed by atoms with Crippen LogP contribution in [0.25, 0.3) is 0 Å². The maximum atomic E-state index is 12.9. The zero-order chi connectivity index (χ0) is 26.7. The number of fused-ring (bicyclic) bond motifs is 1. The van der Waals surface area contributed by atoms with Gasteiger partial charge in [0.2, 0.25) is 5.91 Å². The third-order valence-corrected chi connectivity index (χ3v) is 7.26. The van der Waals surface area contributed by atoms with Crippen molar-refractivity contribution in [1.29, 1.82) is 0 Å². The number of carbonyl (C=O) groups is 2. The van der Waals surface area contributed by atoms with E-state index < -0.39 is 12.1 Å². The van der Waals surface area contributed by atoms with Crippen molar-refractivity contribution in [2.24, 2.45) is 0 Å². The fourth-order valence-corrected chi connectivity index (χ4v) is 5.07. The summed E-state index contributed by atoms with van der Waals surface area (Å²) in [6.45, 7) is 3.53. The van der Waals surface area contributed by atoms with Crippen LogP contribution in [-0.4, -0.2) is 67.7 Å². The topological polar surface area (TPSA) is 97.3 Å². The van der Waals surface area contributed by atoms with Crippen LogP contribution >= 0.6 is 0 Å². The van der Waals surface area contributed by atoms with E-state index in [0.717, 1.165) is 44.5 Å². The molecule has 2 N–H and O–H groups in total. The van der Waals surface area contributed by atoms with Crippen molar-refractivity contribution in [3.8, 4) is 17.2 Å². The quantitative estimate of drug-likeness (QED) is 0.298. The Kier molecular flexibility index (Phi) is 10.4. The second-order valence-corrected chi connectivity index (χ2v) is 10.1. The minimum atomic E-state index is -0.862. The van der Waals surface area contributed by atoms with Crippen LogP contribution in [0.4, 0.5) is 0 Å². The summed E-state index contributed by atoms with van der Waals surface area (Å²) in [6.07, 6.45) is 5.66. The third-order valence-electron chi connectivity index (χ3n) is 7.26. The van der Waals surface area contributed by atoms with Gasteiger partial charge in [0.15, 0.2) is 17.3 Å². The fourth-order valence-electron chi connectivity index (χ4n) is 5.07. The largest absolute Gasteiger partial charge is 0.497 e. The lowest BCUT2D eigenvalue weighted by molar-refractivity contribution is -0.123. The number of Topliss-reactive ketones (excluding diaryl/α,β-unsaturated/α-hetero) is 1. The molecule has 2 aromatic carbocycles. The van der Waals surface area contributed by atoms with Crippen molar-refractivity contribution in [1.82, 2.24) is 10.2 Å². The average molecular weight is 525 g/mol. The Morgan fingerprint density at radius 1 is 0.947 bits per heavy atom. The van der Waals surface area contributed by atoms with Crippen LogP contribution in [0.1, 0.15) is 73.4 Å². The van der Waals surface area contributed by atoms with E-state index in [1.54, 1.807) is 31.4 Å². The third kappa shape index (κ3) is 7.95. The van der Waals surface area contributed by atoms with Gasteiger partial charge in [0.1, 0.15) is 25.1 Å². The second-order valence-electron chi connectivity index (χ2n) is 10.1. The Balaban J connectivity index is 1.27. The summed E-state index contributed by atoms with van der Waals surface area (Å²) >= 11 is 0. The molecule has 4 rings (SSSR count). The first-order chi connectivity index (χ1) is 18.5. The van der Waals surface area contributed by atoms with Crippen molar-refractivity contribution in [2.75, 3.05) is 40.0 Å². The molecule has 2 heterocycles. The molecule has 1 amide bonds. The molecule has 1 saturated heterocycles. The normalized spacial score (nSPS) is 16.9. The molecule has 0 aliphatic carbocycles. The molecule has 0 bridgehead atoms. The van der Waals surface area contributed by atoms with Gasteiger partial charge in [-0.1, -0.05) is 18.9 Å². The average Bonchev–Trinajstić information content (AvgIpc) is 2.96. The highest BCUT2D eigenvalue weighted by Gasteiger charge is 2.27. The van der Waals surface area contributed by atoms with Crippen LogP contribution < -0.4 is 19.5 Å². The zero-order valence-electron chi connectivity index (χ0n) is 22.3. The van der Waals surface area contributed by atoms with Crippen molar-refractivity contribution in [3.05, 3.63) is 53.6 Å². The molecule has 206 valence electrons. The maximum absolute atomic E-state index is 12.9. The number of nitrogens with one attached hydrogen (secondary N) is 1. The molecule has 0 radical (unpaired) electrons. The molecule has 0 saturated carbocycles. The number of rotatable bonds is 13. The van der Waals surface area contributed by atoms with Gasteiger partial charge < -0.3 is 29.5 Å². The molecular formula is C30H40N2O6. The number of piperidine rings is 1. The number of amides is 1. The van der Waals surface area contributed by atoms with Crippen molar-refractivity contribution in [3.63, 3.8) is 0 Å². The van der Waals surface area contributed by atoms with Crippen molar-refractivity contribution in [2.45, 2.75) is 63.5 Å². The van der Waals surface area contributed by atoms with Gasteiger partial charge in [-0.25, -0.2) is 0 Å². The number of carbonyl (C=O) groups excluding carboxylic acids is 2. The Labute approximate surface area is 225 Å². The van der Waals surface area contributed by atoms with Crippen LogP contribution in [0.2, 0.25) is 0 Å². The van der Waals surface area contributed by atoms with E-state index in [4.69, 9.17) is 14.2 Å². The number of aliphatic hydroxyl groups excluding tert-OH is 1. The lowest BCUT2D eigenvalue weighted by Gasteiger charge is -2.33. The first kappa shape index (κ1) is 27.9. The van der Waals surface area contributed by atoms with Gasteiger partial charge in [-0.05, 0) is 80.7 Å². The molecule has 2 aliphatic rings. The standard InChI is InChI=1S/C30H40N2O6/c1-36-24-13-10-22(11-14-24)26(33)8-4-2-5-9-29(34)31-25(21-32-16-6-3-7-17-32)30(35)23-12-15-27-28(20-23)38-19-18-37-27/h10-15,20,25,30,35H,2-9,16-19,21H2,1H3,(H,31,34)/t25-,30-/m1/s1. The maximum Gasteiger partial charge on any atom is 0.220 e. The summed E-state index contributed by atoms with van der Waals surface area (Å²) in [5.74, 6) is 2.05. The molecule has 2 atom stereocenters. The number of ether oxygens (including phenoxy) is 3. The second kappa shape index (κ2) is 14.2. The number of methoxy groups -OCH3 is 1. The molecule has 0 aromatic heterocycles. The SMILES string of the molecule is COc1ccc(C(=O)CCCCCC(=O)N[C@H](CN2CCCCC2)[C@H](O)c2ccc3c(c2)OCCO3)cc1. The van der Waals surface area contributed by atoms with Crippen molar-refractivity contribution < 1.29 is 28.9 Å². The Hall–Kier alpha value is -3.10. The van der Waals surface area contributed by atoms with Gasteiger partial charge in [-0.15, -0.1) is 0 Å². The molecule has 0 unspecified atom stereocenters. The highest BCUT2D eigenvalue weighted by molar-refractivity contribution is 5.96. The van der Waals surface area contributed by atoms with Gasteiger partial charge >= 0.3 is 0 Å². The predicted octanol–water partition coefficient (Wildman–Crippen LogP) is 4.30. The molecule has 8 heteroatoms. The van der Waals surface area contributed by atoms with E-state index in [1.807, 2.05) is 18.2 Å². The van der Waals surface area contributed by atoms with E-state index in [-0.39, 0.29) is 11.7 Å². The van der Waals surface area contributed by atoms with Crippen LogP contribution in [-0.2, 0) is 4.79 Å². The molecule has 38 heavy (non-hydrogen) atoms. The van der Waals surface area contributed by atoms with Crippen molar-refractivity contribution >= 4 is 11.7 Å². The number of hydrogen-bond acceptors (Lipinski definition) is 7. The van der Waals surface area contributed by atoms with E-state index in [0.29, 0.717) is 61.6 Å². The van der Waals surface area contributed by atoms with Gasteiger partial charge in [-0.3, -0.25) is 9.59 Å². The number of benzene rings is 2. The first-order valence-electron chi connectivity index (χ1n) is 13.8. The highest BCUT2D eigenvalue weighted by Crippen LogP contribution is 2.33. The molecule has 2 aromatic rings. The molecule has 8 nitrogen and oxygen atoms in total. The molecular weight excluding hydrogens is 484 g/mol. The number of aliphatic hydroxyl groups is 1. The summed E-state index contributed by atoms with van der Waals surface area (Å²) in [6, 6.07) is 12.2. The molecule has 2 aliphatic heterocycles. The Bertz CT molecular complexity index is 1050. The number of ketones is 1. The molecule has 0 spiro atoms. The van der Waals surface area contributed by atoms with Crippen LogP contribution in [0.5, 0.6) is 17.2 Å². The number of unbranched alkanes of at least 4 members (excludes halogenated alkanes) is 2. The highest BCUT2D eigenvalue weighted by atomic mass is 16.6. The first-order valence-corrected chi connectivity index (χ1v) is 13.8. The summed E-state index contributed by atoms with van der Waals surface area (Å²) in [4.78, 5) is 27.6. The Morgan fingerprint density at radius 3 is 2.39 bits per heavy atom. The minimum absolute atomic E-state index is 0.0786. The minimum Gasteiger partial charge on any atom is -0.497 e. The zero-order valence-corrected chi connectivity index (χ0v) is 22.3. The van der Waals surface area contributed by atoms with Crippen LogP contribution in [0.3, 0.4) is 0 Å². The van der Waals surface area contributed by atoms with E-state index in [1.165, 1.54) is 6.42 Å². The number of likely N-dealkylation sites (tertiary alicyclic amines) is 1. The van der Waals surface area contributed by atoms with E-state index in [9.17, 15) is 14.7 Å². The monoisotopic (exact) mass is 524 g/mol. The number of nitrogens with zero attached hydrogens (tertiary/aromatic N) is 1. The Morgan fingerprint density at radius 2 is 1.66 bits per heavy atom. The predicted molar refractivity (Wildman–Crippen MR) is 145 cm³/mol. The van der Waals surface area contributed by atoms with Gasteiger partial charge in [-0.2, -0.15) is 0 Å². The molecule has 1 fully saturated rings. The summed E-state index contributed by atoms with van der Waals surface area (Å²) in [5.41, 5.74) is 1.38. The van der Waals surface area contributed by atoms with Gasteiger partial charge in [0.05, 0.1) is 13.2 Å². The summed E-state index contributed by atoms with van der Waals surface area (Å²) in [5, 5.41) is 14.4. The van der Waals surface area contributed by atoms with E-state index >= 15 is 0 Å². The van der Waals surface area contributed by atoms with E-state index in [2.05, 4.69) is 10.2 Å². The van der Waals surface area contributed by atoms with Crippen LogP contribution in [0, 0.1) is 0 Å². The lowest BCUT2D eigenvalue weighted by atomic mass is 9.99. The summed E-state index contributed by atoms with van der Waals surface area (Å²) in [7, 11) is 1.60. The van der Waals surface area contributed by atoms with Crippen LogP contribution in [0.15, 0.2) is 42.5 Å². The summed E-state index contributed by atoms with van der Waals surface area (Å²) < 4.78 is 16.4. The van der Waals surface area contributed by atoms with Gasteiger partial charge in [0, 0.05) is 24.9 Å². The smallest absolute Gasteiger partial charge is 0.220 e. The number of hydrogen-bond donors (Lipinski definition) is 2. The lowest BCUT2D eigenvalue weighted by Crippen LogP contribution is -2.48.